The van der Waals surface area contributed by atoms with Crippen molar-refractivity contribution in [2.75, 3.05) is 13.4 Å². The average molecular weight is 248 g/mol. The number of benzene rings is 1. The van der Waals surface area contributed by atoms with E-state index < -0.39 is 22.0 Å². The number of halogens is 1. The van der Waals surface area contributed by atoms with Crippen LogP contribution in [-0.2, 0) is 14.3 Å². The van der Waals surface area contributed by atoms with Gasteiger partial charge in [0.1, 0.15) is 17.7 Å². The van der Waals surface area contributed by atoms with E-state index in [0.29, 0.717) is 0 Å². The summed E-state index contributed by atoms with van der Waals surface area (Å²) in [6.45, 7) is 1.45. The highest BCUT2D eigenvalue weighted by Crippen LogP contribution is 2.30. The van der Waals surface area contributed by atoms with Gasteiger partial charge in [-0.3, -0.25) is 4.18 Å². The van der Waals surface area contributed by atoms with Gasteiger partial charge in [0.2, 0.25) is 0 Å². The van der Waals surface area contributed by atoms with Crippen LogP contribution in [0.4, 0.5) is 4.39 Å². The van der Waals surface area contributed by atoms with Gasteiger partial charge >= 0.3 is 0 Å². The lowest BCUT2D eigenvalue weighted by Crippen LogP contribution is -2.10. The molecule has 0 N–H and O–H groups in total. The van der Waals surface area contributed by atoms with Gasteiger partial charge in [-0.1, -0.05) is 6.07 Å². The number of rotatable bonds is 4. The Morgan fingerprint density at radius 2 is 2.00 bits per heavy atom. The van der Waals surface area contributed by atoms with Crippen LogP contribution in [0.2, 0.25) is 0 Å². The first-order valence-electron chi connectivity index (χ1n) is 4.56. The molecule has 0 aliphatic carbocycles. The highest BCUT2D eigenvalue weighted by atomic mass is 32.2. The average Bonchev–Trinajstić information content (AvgIpc) is 2.14. The molecule has 0 bridgehead atoms. The summed E-state index contributed by atoms with van der Waals surface area (Å²) in [4.78, 5) is 0. The van der Waals surface area contributed by atoms with Crippen LogP contribution in [0.1, 0.15) is 18.6 Å². The Bertz CT molecular complexity index is 470. The lowest BCUT2D eigenvalue weighted by atomic mass is 10.1. The molecule has 1 atom stereocenters. The minimum Gasteiger partial charge on any atom is -0.496 e. The monoisotopic (exact) mass is 248 g/mol. The van der Waals surface area contributed by atoms with E-state index in [1.165, 1.54) is 26.2 Å². The fourth-order valence-corrected chi connectivity index (χ4v) is 2.02. The van der Waals surface area contributed by atoms with Crippen LogP contribution in [-0.4, -0.2) is 21.8 Å². The second-order valence-corrected chi connectivity index (χ2v) is 4.90. The summed E-state index contributed by atoms with van der Waals surface area (Å²) < 4.78 is 45.0. The van der Waals surface area contributed by atoms with Crippen molar-refractivity contribution in [3.63, 3.8) is 0 Å². The maximum Gasteiger partial charge on any atom is 0.264 e. The van der Waals surface area contributed by atoms with Crippen molar-refractivity contribution in [1.29, 1.82) is 0 Å². The zero-order valence-corrected chi connectivity index (χ0v) is 10.0. The fourth-order valence-electron chi connectivity index (χ4n) is 1.40. The van der Waals surface area contributed by atoms with Gasteiger partial charge in [0.15, 0.2) is 0 Å². The molecule has 0 radical (unpaired) electrons. The predicted octanol–water partition coefficient (Wildman–Crippen LogP) is 1.87. The van der Waals surface area contributed by atoms with Gasteiger partial charge in [-0.15, -0.1) is 0 Å². The van der Waals surface area contributed by atoms with Crippen molar-refractivity contribution in [3.05, 3.63) is 29.6 Å². The maximum absolute atomic E-state index is 13.5. The zero-order chi connectivity index (χ0) is 12.3. The Labute approximate surface area is 94.1 Å². The molecule has 6 heteroatoms. The molecule has 1 unspecified atom stereocenters. The van der Waals surface area contributed by atoms with Crippen LogP contribution in [0.25, 0.3) is 0 Å². The standard InChI is InChI=1S/C10H13FO4S/c1-7(15-16(3,12)13)10-8(11)5-4-6-9(10)14-2/h4-7H,1-3H3. The Balaban J connectivity index is 3.12. The van der Waals surface area contributed by atoms with Gasteiger partial charge in [-0.25, -0.2) is 4.39 Å². The van der Waals surface area contributed by atoms with E-state index in [1.54, 1.807) is 6.07 Å². The summed E-state index contributed by atoms with van der Waals surface area (Å²) in [6, 6.07) is 4.24. The molecule has 0 spiro atoms. The molecule has 0 amide bonds. The molecule has 0 saturated heterocycles. The zero-order valence-electron chi connectivity index (χ0n) is 9.23. The van der Waals surface area contributed by atoms with Crippen LogP contribution < -0.4 is 4.74 Å². The van der Waals surface area contributed by atoms with Gasteiger partial charge in [0, 0.05) is 0 Å². The van der Waals surface area contributed by atoms with Crippen molar-refractivity contribution < 1.29 is 21.7 Å². The summed E-state index contributed by atoms with van der Waals surface area (Å²) in [5, 5.41) is 0. The third kappa shape index (κ3) is 3.18. The van der Waals surface area contributed by atoms with Gasteiger partial charge in [-0.2, -0.15) is 8.42 Å². The highest BCUT2D eigenvalue weighted by Gasteiger charge is 2.20. The molecular formula is C10H13FO4S. The van der Waals surface area contributed by atoms with Crippen molar-refractivity contribution in [2.24, 2.45) is 0 Å². The molecule has 0 fully saturated rings. The Morgan fingerprint density at radius 3 is 2.50 bits per heavy atom. The molecule has 16 heavy (non-hydrogen) atoms. The topological polar surface area (TPSA) is 52.6 Å². The molecule has 0 saturated carbocycles. The maximum atomic E-state index is 13.5. The second-order valence-electron chi connectivity index (χ2n) is 3.30. The van der Waals surface area contributed by atoms with Crippen LogP contribution in [0.15, 0.2) is 18.2 Å². The van der Waals surface area contributed by atoms with E-state index in [4.69, 9.17) is 8.92 Å². The minimum atomic E-state index is -3.64. The van der Waals surface area contributed by atoms with E-state index in [-0.39, 0.29) is 11.3 Å². The molecule has 0 aliphatic heterocycles. The summed E-state index contributed by atoms with van der Waals surface area (Å²) in [5.74, 6) is -0.299. The van der Waals surface area contributed by atoms with Crippen LogP contribution in [0.5, 0.6) is 5.75 Å². The third-order valence-electron chi connectivity index (χ3n) is 1.96. The number of hydrogen-bond acceptors (Lipinski definition) is 4. The van der Waals surface area contributed by atoms with Crippen molar-refractivity contribution in [1.82, 2.24) is 0 Å². The molecule has 0 aromatic heterocycles. The second kappa shape index (κ2) is 4.80. The first-order chi connectivity index (χ1) is 7.35. The smallest absolute Gasteiger partial charge is 0.264 e. The summed E-state index contributed by atoms with van der Waals surface area (Å²) >= 11 is 0. The summed E-state index contributed by atoms with van der Waals surface area (Å²) in [5.41, 5.74) is 0.0930. The molecule has 1 aromatic carbocycles. The molecule has 1 aromatic rings. The Hall–Kier alpha value is -1.14. The first-order valence-corrected chi connectivity index (χ1v) is 6.37. The molecule has 4 nitrogen and oxygen atoms in total. The number of methoxy groups -OCH3 is 1. The third-order valence-corrected chi connectivity index (χ3v) is 2.60. The largest absolute Gasteiger partial charge is 0.496 e. The molecule has 0 aliphatic rings. The molecule has 1 rings (SSSR count). The van der Waals surface area contributed by atoms with E-state index in [1.807, 2.05) is 0 Å². The van der Waals surface area contributed by atoms with Gasteiger partial charge < -0.3 is 4.74 Å². The summed E-state index contributed by atoms with van der Waals surface area (Å²) in [7, 11) is -2.26. The van der Waals surface area contributed by atoms with E-state index in [9.17, 15) is 12.8 Å². The number of ether oxygens (including phenoxy) is 1. The lowest BCUT2D eigenvalue weighted by Gasteiger charge is -2.15. The Morgan fingerprint density at radius 1 is 1.38 bits per heavy atom. The molecule has 0 heterocycles. The first kappa shape index (κ1) is 12.9. The normalized spacial score (nSPS) is 13.5. The minimum absolute atomic E-state index is 0.0930. The summed E-state index contributed by atoms with van der Waals surface area (Å²) in [6.07, 6.45) is -0.0113. The van der Waals surface area contributed by atoms with Gasteiger partial charge in [0.25, 0.3) is 10.1 Å². The van der Waals surface area contributed by atoms with Crippen LogP contribution in [0, 0.1) is 5.82 Å². The van der Waals surface area contributed by atoms with E-state index in [2.05, 4.69) is 0 Å². The van der Waals surface area contributed by atoms with Crippen molar-refractivity contribution in [2.45, 2.75) is 13.0 Å². The molecule has 90 valence electrons. The fraction of sp³-hybridized carbons (Fsp3) is 0.400. The number of hydrogen-bond donors (Lipinski definition) is 0. The Kier molecular flexibility index (Phi) is 3.88. The predicted molar refractivity (Wildman–Crippen MR) is 57.3 cm³/mol. The van der Waals surface area contributed by atoms with Crippen LogP contribution >= 0.6 is 0 Å². The van der Waals surface area contributed by atoms with Gasteiger partial charge in [-0.05, 0) is 19.1 Å². The SMILES string of the molecule is COc1cccc(F)c1C(C)OS(C)(=O)=O. The lowest BCUT2D eigenvalue weighted by molar-refractivity contribution is 0.224. The molecular weight excluding hydrogens is 235 g/mol. The quantitative estimate of drug-likeness (QED) is 0.763. The highest BCUT2D eigenvalue weighted by molar-refractivity contribution is 7.86. The van der Waals surface area contributed by atoms with E-state index in [0.717, 1.165) is 6.26 Å². The van der Waals surface area contributed by atoms with Crippen molar-refractivity contribution >= 4 is 10.1 Å². The van der Waals surface area contributed by atoms with E-state index >= 15 is 0 Å². The van der Waals surface area contributed by atoms with Crippen LogP contribution in [0.3, 0.4) is 0 Å². The van der Waals surface area contributed by atoms with Gasteiger partial charge in [0.05, 0.1) is 18.9 Å². The van der Waals surface area contributed by atoms with Crippen molar-refractivity contribution in [3.8, 4) is 5.75 Å².